The molecule has 0 saturated carbocycles. The lowest BCUT2D eigenvalue weighted by molar-refractivity contribution is 0.211. The largest absolute Gasteiger partial charge is 0.367 e. The fourth-order valence-corrected chi connectivity index (χ4v) is 4.35. The normalized spacial score (nSPS) is 16.1. The van der Waals surface area contributed by atoms with Crippen LogP contribution in [0.4, 0.5) is 14.6 Å². The van der Waals surface area contributed by atoms with Gasteiger partial charge in [0.25, 0.3) is 0 Å². The summed E-state index contributed by atoms with van der Waals surface area (Å²) in [6.45, 7) is 2.17. The van der Waals surface area contributed by atoms with E-state index in [2.05, 4.69) is 20.2 Å². The van der Waals surface area contributed by atoms with Gasteiger partial charge in [-0.3, -0.25) is 4.90 Å². The van der Waals surface area contributed by atoms with Crippen LogP contribution in [0.2, 0.25) is 0 Å². The summed E-state index contributed by atoms with van der Waals surface area (Å²) >= 11 is 0. The van der Waals surface area contributed by atoms with Crippen LogP contribution in [0.15, 0.2) is 47.6 Å². The molecule has 1 fully saturated rings. The summed E-state index contributed by atoms with van der Waals surface area (Å²) in [5.74, 6) is -1.05. The molecule has 1 aromatic heterocycles. The first kappa shape index (κ1) is 20.6. The predicted molar refractivity (Wildman–Crippen MR) is 111 cm³/mol. The number of hydrogen-bond donors (Lipinski definition) is 1. The van der Waals surface area contributed by atoms with Crippen molar-refractivity contribution in [1.29, 1.82) is 0 Å². The third-order valence-electron chi connectivity index (χ3n) is 5.35. The lowest BCUT2D eigenvalue weighted by atomic mass is 10.0. The van der Waals surface area contributed by atoms with Crippen LogP contribution in [0.3, 0.4) is 0 Å². The number of likely N-dealkylation sites (tertiary alicyclic amines) is 1. The summed E-state index contributed by atoms with van der Waals surface area (Å²) in [5, 5.41) is 4.09. The number of aromatic nitrogens is 2. The fourth-order valence-electron chi connectivity index (χ4n) is 3.71. The smallest absolute Gasteiger partial charge is 0.175 e. The number of rotatable bonds is 5. The summed E-state index contributed by atoms with van der Waals surface area (Å²) in [7, 11) is -3.33. The summed E-state index contributed by atoms with van der Waals surface area (Å²) in [6.07, 6.45) is 4.33. The Kier molecular flexibility index (Phi) is 5.66. The molecule has 6 nitrogen and oxygen atoms in total. The molecule has 0 unspecified atom stereocenters. The van der Waals surface area contributed by atoms with Gasteiger partial charge >= 0.3 is 0 Å². The molecule has 0 spiro atoms. The van der Waals surface area contributed by atoms with Crippen LogP contribution in [0, 0.1) is 11.6 Å². The first-order valence-corrected chi connectivity index (χ1v) is 11.6. The van der Waals surface area contributed by atoms with Crippen molar-refractivity contribution in [2.45, 2.75) is 30.3 Å². The van der Waals surface area contributed by atoms with E-state index in [4.69, 9.17) is 0 Å². The van der Waals surface area contributed by atoms with Gasteiger partial charge in [0.2, 0.25) is 0 Å². The maximum atomic E-state index is 13.4. The van der Waals surface area contributed by atoms with Gasteiger partial charge in [0.1, 0.15) is 12.1 Å². The Hall–Kier alpha value is -2.65. The molecule has 158 valence electrons. The summed E-state index contributed by atoms with van der Waals surface area (Å²) < 4.78 is 50.3. The second-order valence-electron chi connectivity index (χ2n) is 7.62. The third-order valence-corrected chi connectivity index (χ3v) is 6.46. The zero-order chi connectivity index (χ0) is 21.3. The minimum Gasteiger partial charge on any atom is -0.367 e. The van der Waals surface area contributed by atoms with Gasteiger partial charge in [-0.15, -0.1) is 0 Å². The molecule has 0 bridgehead atoms. The van der Waals surface area contributed by atoms with Gasteiger partial charge in [-0.1, -0.05) is 6.07 Å². The highest BCUT2D eigenvalue weighted by Gasteiger charge is 2.21. The number of nitrogens with zero attached hydrogens (tertiary/aromatic N) is 3. The molecule has 9 heteroatoms. The molecule has 30 heavy (non-hydrogen) atoms. The third kappa shape index (κ3) is 4.57. The van der Waals surface area contributed by atoms with Gasteiger partial charge in [-0.25, -0.2) is 27.2 Å². The Morgan fingerprint density at radius 2 is 1.83 bits per heavy atom. The van der Waals surface area contributed by atoms with E-state index >= 15 is 0 Å². The van der Waals surface area contributed by atoms with E-state index in [1.54, 1.807) is 24.3 Å². The Bertz CT molecular complexity index is 1180. The lowest BCUT2D eigenvalue weighted by Crippen LogP contribution is -2.38. The summed E-state index contributed by atoms with van der Waals surface area (Å²) in [5.41, 5.74) is 1.42. The standard InChI is InChI=1S/C21H22F2N4O2S/c1-30(28,29)16-3-5-20-17(11-16)21(25-13-24-20)26-15-6-8-27(9-7-15)12-14-2-4-18(22)19(23)10-14/h2-5,10-11,13,15H,6-9,12H2,1H3,(H,24,25,26). The average Bonchev–Trinajstić information content (AvgIpc) is 2.71. The van der Waals surface area contributed by atoms with Gasteiger partial charge in [-0.05, 0) is 48.7 Å². The highest BCUT2D eigenvalue weighted by molar-refractivity contribution is 7.90. The molecule has 1 aliphatic heterocycles. The van der Waals surface area contributed by atoms with Crippen molar-refractivity contribution in [3.63, 3.8) is 0 Å². The van der Waals surface area contributed by atoms with Crippen LogP contribution in [0.25, 0.3) is 10.9 Å². The van der Waals surface area contributed by atoms with Crippen molar-refractivity contribution in [2.24, 2.45) is 0 Å². The van der Waals surface area contributed by atoms with E-state index in [1.165, 1.54) is 18.6 Å². The number of hydrogen-bond acceptors (Lipinski definition) is 6. The van der Waals surface area contributed by atoms with Crippen LogP contribution >= 0.6 is 0 Å². The predicted octanol–water partition coefficient (Wildman–Crippen LogP) is 3.39. The van der Waals surface area contributed by atoms with Crippen LogP contribution in [0.1, 0.15) is 18.4 Å². The molecule has 3 aromatic rings. The van der Waals surface area contributed by atoms with Crippen molar-refractivity contribution in [3.05, 3.63) is 59.9 Å². The Morgan fingerprint density at radius 3 is 2.53 bits per heavy atom. The number of benzene rings is 2. The van der Waals surface area contributed by atoms with Crippen LogP contribution in [-0.4, -0.2) is 48.7 Å². The average molecular weight is 432 g/mol. The molecule has 2 heterocycles. The SMILES string of the molecule is CS(=O)(=O)c1ccc2ncnc(NC3CCN(Cc4ccc(F)c(F)c4)CC3)c2c1. The Balaban J connectivity index is 1.43. The molecule has 0 atom stereocenters. The first-order chi connectivity index (χ1) is 14.3. The monoisotopic (exact) mass is 432 g/mol. The van der Waals surface area contributed by atoms with E-state index in [1.807, 2.05) is 0 Å². The van der Waals surface area contributed by atoms with Crippen LogP contribution in [0.5, 0.6) is 0 Å². The molecule has 1 aliphatic rings. The second-order valence-corrected chi connectivity index (χ2v) is 9.63. The van der Waals surface area contributed by atoms with Crippen molar-refractivity contribution >= 4 is 26.6 Å². The molecule has 0 amide bonds. The Morgan fingerprint density at radius 1 is 1.07 bits per heavy atom. The van der Waals surface area contributed by atoms with Gasteiger partial charge in [0.15, 0.2) is 21.5 Å². The highest BCUT2D eigenvalue weighted by Crippen LogP contribution is 2.25. The zero-order valence-corrected chi connectivity index (χ0v) is 17.3. The van der Waals surface area contributed by atoms with E-state index in [-0.39, 0.29) is 10.9 Å². The van der Waals surface area contributed by atoms with Crippen molar-refractivity contribution in [3.8, 4) is 0 Å². The topological polar surface area (TPSA) is 75.2 Å². The zero-order valence-electron chi connectivity index (χ0n) is 16.5. The molecule has 0 radical (unpaired) electrons. The number of anilines is 1. The number of piperidine rings is 1. The maximum Gasteiger partial charge on any atom is 0.175 e. The molecular formula is C21H22F2N4O2S. The minimum absolute atomic E-state index is 0.172. The van der Waals surface area contributed by atoms with Crippen LogP contribution < -0.4 is 5.32 Å². The van der Waals surface area contributed by atoms with Crippen molar-refractivity contribution < 1.29 is 17.2 Å². The van der Waals surface area contributed by atoms with Gasteiger partial charge in [-0.2, -0.15) is 0 Å². The fraction of sp³-hybridized carbons (Fsp3) is 0.333. The Labute approximate surface area is 173 Å². The first-order valence-electron chi connectivity index (χ1n) is 9.67. The van der Waals surface area contributed by atoms with Crippen LogP contribution in [-0.2, 0) is 16.4 Å². The number of nitrogens with one attached hydrogen (secondary N) is 1. The molecule has 0 aliphatic carbocycles. The molecule has 1 N–H and O–H groups in total. The summed E-state index contributed by atoms with van der Waals surface area (Å²) in [6, 6.07) is 9.01. The molecule has 4 rings (SSSR count). The van der Waals surface area contributed by atoms with Crippen molar-refractivity contribution in [1.82, 2.24) is 14.9 Å². The number of halogens is 2. The number of fused-ring (bicyclic) bond motifs is 1. The lowest BCUT2D eigenvalue weighted by Gasteiger charge is -2.32. The van der Waals surface area contributed by atoms with E-state index < -0.39 is 21.5 Å². The van der Waals surface area contributed by atoms with Gasteiger partial charge < -0.3 is 5.32 Å². The maximum absolute atomic E-state index is 13.4. The number of sulfone groups is 1. The second kappa shape index (κ2) is 8.23. The minimum atomic E-state index is -3.33. The highest BCUT2D eigenvalue weighted by atomic mass is 32.2. The quantitative estimate of drug-likeness (QED) is 0.666. The molecule has 1 saturated heterocycles. The van der Waals surface area contributed by atoms with E-state index in [9.17, 15) is 17.2 Å². The van der Waals surface area contributed by atoms with Gasteiger partial charge in [0.05, 0.1) is 10.4 Å². The molecular weight excluding hydrogens is 410 g/mol. The van der Waals surface area contributed by atoms with Crippen molar-refractivity contribution in [2.75, 3.05) is 24.7 Å². The van der Waals surface area contributed by atoms with Gasteiger partial charge in [0, 0.05) is 37.3 Å². The van der Waals surface area contributed by atoms with E-state index in [0.29, 0.717) is 23.3 Å². The molecule has 2 aromatic carbocycles. The van der Waals surface area contributed by atoms with E-state index in [0.717, 1.165) is 37.6 Å². The summed E-state index contributed by atoms with van der Waals surface area (Å²) in [4.78, 5) is 11.0.